The van der Waals surface area contributed by atoms with Crippen molar-refractivity contribution in [2.24, 2.45) is 11.5 Å². The number of rotatable bonds is 7. The maximum Gasteiger partial charge on any atom is 0.330 e. The zero-order chi connectivity index (χ0) is 16.8. The molecule has 6 nitrogen and oxygen atoms in total. The second-order valence-electron chi connectivity index (χ2n) is 5.30. The zero-order valence-electron chi connectivity index (χ0n) is 13.0. The molecule has 5 N–H and O–H groups in total. The molecule has 2 rings (SSSR count). The smallest absolute Gasteiger partial charge is 0.330 e. The van der Waals surface area contributed by atoms with Gasteiger partial charge < -0.3 is 21.2 Å². The fourth-order valence-electron chi connectivity index (χ4n) is 2.23. The Morgan fingerprint density at radius 2 is 1.91 bits per heavy atom. The summed E-state index contributed by atoms with van der Waals surface area (Å²) >= 11 is 1.58. The van der Waals surface area contributed by atoms with Crippen LogP contribution in [-0.2, 0) is 20.7 Å². The van der Waals surface area contributed by atoms with Crippen molar-refractivity contribution >= 4 is 34.6 Å². The van der Waals surface area contributed by atoms with Gasteiger partial charge in [0.15, 0.2) is 0 Å². The monoisotopic (exact) mass is 335 g/mol. The van der Waals surface area contributed by atoms with Crippen molar-refractivity contribution in [3.8, 4) is 0 Å². The van der Waals surface area contributed by atoms with E-state index in [0.29, 0.717) is 6.42 Å². The molecule has 0 saturated carbocycles. The van der Waals surface area contributed by atoms with Gasteiger partial charge in [0.05, 0.1) is 0 Å². The predicted octanol–water partition coefficient (Wildman–Crippen LogP) is 1.19. The van der Waals surface area contributed by atoms with E-state index in [2.05, 4.69) is 4.98 Å². The Hall–Kier alpha value is -1.83. The number of ether oxygens (including phenoxy) is 1. The van der Waals surface area contributed by atoms with Crippen LogP contribution < -0.4 is 11.5 Å². The van der Waals surface area contributed by atoms with Crippen LogP contribution in [-0.4, -0.2) is 41.0 Å². The van der Waals surface area contributed by atoms with Crippen LogP contribution in [0.1, 0.15) is 12.0 Å². The van der Waals surface area contributed by atoms with Gasteiger partial charge in [0.1, 0.15) is 12.1 Å². The van der Waals surface area contributed by atoms with Gasteiger partial charge in [-0.2, -0.15) is 11.8 Å². The minimum atomic E-state index is -0.911. The Morgan fingerprint density at radius 3 is 2.65 bits per heavy atom. The number of aromatic amines is 1. The predicted molar refractivity (Wildman–Crippen MR) is 92.1 cm³/mol. The van der Waals surface area contributed by atoms with Gasteiger partial charge in [-0.05, 0) is 30.1 Å². The summed E-state index contributed by atoms with van der Waals surface area (Å²) in [4.78, 5) is 26.8. The molecule has 0 aliphatic heterocycles. The number of nitrogens with one attached hydrogen (secondary N) is 1. The van der Waals surface area contributed by atoms with E-state index in [1.165, 1.54) is 0 Å². The minimum absolute atomic E-state index is 0.288. The fraction of sp³-hybridized carbons (Fsp3) is 0.375. The van der Waals surface area contributed by atoms with E-state index in [-0.39, 0.29) is 6.42 Å². The molecule has 23 heavy (non-hydrogen) atoms. The number of H-pyrrole nitrogens is 1. The molecule has 0 bridgehead atoms. The molecule has 1 aromatic carbocycles. The summed E-state index contributed by atoms with van der Waals surface area (Å²) in [6, 6.07) is 6.01. The average molecular weight is 335 g/mol. The van der Waals surface area contributed by atoms with Gasteiger partial charge in [-0.1, -0.05) is 18.2 Å². The lowest BCUT2D eigenvalue weighted by Crippen LogP contribution is -2.40. The first-order valence-electron chi connectivity index (χ1n) is 7.33. The lowest BCUT2D eigenvalue weighted by atomic mass is 10.1. The number of carbonyl (C=O) groups is 2. The third kappa shape index (κ3) is 4.57. The molecule has 0 unspecified atom stereocenters. The van der Waals surface area contributed by atoms with Crippen LogP contribution in [0.5, 0.6) is 0 Å². The van der Waals surface area contributed by atoms with Crippen LogP contribution in [0.15, 0.2) is 30.5 Å². The number of hydrogen-bond acceptors (Lipinski definition) is 6. The SMILES string of the molecule is CSCC[C@H](N)C(=O)OC(=O)[C@@H](N)Cc1c[nH]c2ccccc12. The molecule has 0 aliphatic carbocycles. The second kappa shape index (κ2) is 8.14. The van der Waals surface area contributed by atoms with Crippen LogP contribution >= 0.6 is 11.8 Å². The maximum atomic E-state index is 12.0. The van der Waals surface area contributed by atoms with Gasteiger partial charge in [0.25, 0.3) is 0 Å². The van der Waals surface area contributed by atoms with E-state index in [4.69, 9.17) is 16.2 Å². The molecule has 1 aromatic heterocycles. The molecule has 124 valence electrons. The Bertz CT molecular complexity index is 686. The van der Waals surface area contributed by atoms with E-state index in [0.717, 1.165) is 22.2 Å². The summed E-state index contributed by atoms with van der Waals surface area (Å²) < 4.78 is 4.78. The molecule has 0 aliphatic rings. The molecule has 0 amide bonds. The minimum Gasteiger partial charge on any atom is -0.391 e. The van der Waals surface area contributed by atoms with Crippen molar-refractivity contribution in [3.63, 3.8) is 0 Å². The van der Waals surface area contributed by atoms with Crippen molar-refractivity contribution in [3.05, 3.63) is 36.0 Å². The average Bonchev–Trinajstić information content (AvgIpc) is 2.95. The summed E-state index contributed by atoms with van der Waals surface area (Å²) in [7, 11) is 0. The van der Waals surface area contributed by atoms with Gasteiger partial charge in [-0.25, -0.2) is 9.59 Å². The lowest BCUT2D eigenvalue weighted by molar-refractivity contribution is -0.161. The molecule has 2 aromatic rings. The van der Waals surface area contributed by atoms with Gasteiger partial charge in [-0.3, -0.25) is 0 Å². The molecule has 0 fully saturated rings. The normalized spacial score (nSPS) is 13.7. The van der Waals surface area contributed by atoms with Gasteiger partial charge in [0.2, 0.25) is 0 Å². The number of aromatic nitrogens is 1. The summed E-state index contributed by atoms with van der Waals surface area (Å²) in [5.41, 5.74) is 13.4. The van der Waals surface area contributed by atoms with E-state index in [1.807, 2.05) is 36.7 Å². The van der Waals surface area contributed by atoms with Crippen LogP contribution in [0.25, 0.3) is 10.9 Å². The summed E-state index contributed by atoms with van der Waals surface area (Å²) in [6.07, 6.45) is 4.48. The Labute approximate surface area is 138 Å². The van der Waals surface area contributed by atoms with Crippen LogP contribution in [0.2, 0.25) is 0 Å². The third-order valence-corrected chi connectivity index (χ3v) is 4.20. The van der Waals surface area contributed by atoms with Crippen LogP contribution in [0.3, 0.4) is 0 Å². The molecule has 1 heterocycles. The zero-order valence-corrected chi connectivity index (χ0v) is 13.8. The number of nitrogens with two attached hydrogens (primary N) is 2. The topological polar surface area (TPSA) is 111 Å². The number of fused-ring (bicyclic) bond motifs is 1. The Kier molecular flexibility index (Phi) is 6.20. The highest BCUT2D eigenvalue weighted by molar-refractivity contribution is 7.98. The largest absolute Gasteiger partial charge is 0.391 e. The standard InChI is InChI=1S/C16H21N3O3S/c1-23-7-6-12(17)15(20)22-16(21)13(18)8-10-9-19-14-5-3-2-4-11(10)14/h2-5,9,12-13,19H,6-8,17-18H2,1H3/t12-,13-/m0/s1. The number of para-hydroxylation sites is 1. The third-order valence-electron chi connectivity index (χ3n) is 3.55. The lowest BCUT2D eigenvalue weighted by Gasteiger charge is -2.13. The van der Waals surface area contributed by atoms with Crippen molar-refractivity contribution in [1.29, 1.82) is 0 Å². The molecule has 0 saturated heterocycles. The Morgan fingerprint density at radius 1 is 1.22 bits per heavy atom. The van der Waals surface area contributed by atoms with E-state index in [1.54, 1.807) is 11.8 Å². The van der Waals surface area contributed by atoms with Crippen LogP contribution in [0.4, 0.5) is 0 Å². The number of hydrogen-bond donors (Lipinski definition) is 3. The number of esters is 2. The van der Waals surface area contributed by atoms with Gasteiger partial charge in [0, 0.05) is 23.5 Å². The maximum absolute atomic E-state index is 12.0. The van der Waals surface area contributed by atoms with Gasteiger partial charge >= 0.3 is 11.9 Å². The van der Waals surface area contributed by atoms with Gasteiger partial charge in [-0.15, -0.1) is 0 Å². The van der Waals surface area contributed by atoms with E-state index in [9.17, 15) is 9.59 Å². The first-order chi connectivity index (χ1) is 11.0. The van der Waals surface area contributed by atoms with Crippen LogP contribution in [0, 0.1) is 0 Å². The summed E-state index contributed by atoms with van der Waals surface area (Å²) in [5.74, 6) is -0.746. The molecule has 0 spiro atoms. The molecule has 2 atom stereocenters. The number of carbonyl (C=O) groups excluding carboxylic acids is 2. The van der Waals surface area contributed by atoms with Crippen molar-refractivity contribution < 1.29 is 14.3 Å². The molecule has 7 heteroatoms. The van der Waals surface area contributed by atoms with Crippen molar-refractivity contribution in [1.82, 2.24) is 4.98 Å². The highest BCUT2D eigenvalue weighted by Crippen LogP contribution is 2.19. The quantitative estimate of drug-likeness (QED) is 0.518. The first kappa shape index (κ1) is 17.5. The highest BCUT2D eigenvalue weighted by Gasteiger charge is 2.23. The second-order valence-corrected chi connectivity index (χ2v) is 6.28. The van der Waals surface area contributed by atoms with Crippen molar-refractivity contribution in [2.75, 3.05) is 12.0 Å². The summed E-state index contributed by atoms with van der Waals surface area (Å²) in [5, 5.41) is 0.999. The molecular weight excluding hydrogens is 314 g/mol. The number of benzene rings is 1. The fourth-order valence-corrected chi connectivity index (χ4v) is 2.72. The highest BCUT2D eigenvalue weighted by atomic mass is 32.2. The molecular formula is C16H21N3O3S. The molecule has 0 radical (unpaired) electrons. The van der Waals surface area contributed by atoms with E-state index < -0.39 is 24.0 Å². The summed E-state index contributed by atoms with van der Waals surface area (Å²) in [6.45, 7) is 0. The van der Waals surface area contributed by atoms with E-state index >= 15 is 0 Å². The first-order valence-corrected chi connectivity index (χ1v) is 8.73. The number of thioether (sulfide) groups is 1. The Balaban J connectivity index is 1.93. The van der Waals surface area contributed by atoms with Crippen molar-refractivity contribution in [2.45, 2.75) is 24.9 Å².